The van der Waals surface area contributed by atoms with E-state index in [-0.39, 0.29) is 30.0 Å². The zero-order valence-electron chi connectivity index (χ0n) is 33.4. The highest BCUT2D eigenvalue weighted by molar-refractivity contribution is 6.23. The van der Waals surface area contributed by atoms with E-state index in [4.69, 9.17) is 5.73 Å². The maximum Gasteiger partial charge on any atom is 0.262 e. The van der Waals surface area contributed by atoms with Gasteiger partial charge in [-0.2, -0.15) is 0 Å². The van der Waals surface area contributed by atoms with E-state index in [2.05, 4.69) is 40.0 Å². The van der Waals surface area contributed by atoms with E-state index in [1.807, 2.05) is 30.3 Å². The number of nitrogens with zero attached hydrogens (tertiary/aromatic N) is 8. The Balaban J connectivity index is 0.725. The third-order valence-electron chi connectivity index (χ3n) is 12.7. The van der Waals surface area contributed by atoms with Gasteiger partial charge in [0.2, 0.25) is 11.8 Å². The normalized spacial score (nSPS) is 20.9. The topological polar surface area (TPSA) is 172 Å². The Hall–Kier alpha value is -6.13. The smallest absolute Gasteiger partial charge is 0.262 e. The van der Waals surface area contributed by atoms with Gasteiger partial charge in [0.05, 0.1) is 28.2 Å². The second kappa shape index (κ2) is 16.5. The van der Waals surface area contributed by atoms with Crippen molar-refractivity contribution >= 4 is 46.5 Å². The molecule has 4 aromatic rings. The highest BCUT2D eigenvalue weighted by Crippen LogP contribution is 2.34. The predicted octanol–water partition coefficient (Wildman–Crippen LogP) is 3.33. The van der Waals surface area contributed by atoms with Gasteiger partial charge in [-0.05, 0) is 79.3 Å². The molecule has 9 rings (SSSR count). The number of imide groups is 2. The number of phenolic OH excluding ortho intramolecular Hbond substituents is 1. The van der Waals surface area contributed by atoms with Crippen LogP contribution in [0.4, 0.5) is 27.3 Å². The van der Waals surface area contributed by atoms with Gasteiger partial charge in [-0.1, -0.05) is 18.2 Å². The largest absolute Gasteiger partial charge is 0.507 e. The summed E-state index contributed by atoms with van der Waals surface area (Å²) >= 11 is 0. The standard InChI is InChI=1S/C44H49FN10O5/c45-34-23-29(27-51-17-21-54(22-18-51)38-25-35(48-49-41(38)46)32-3-1-2-4-39(32)56)5-8-36(34)53-13-11-28(12-14-53)26-50-15-19-52(20-16-50)30-6-7-31-33(24-30)44(60)55(43(31)59)37-9-10-40(57)47-42(37)58/h1-8,23-25,28,37,56H,9-22,26-27H2,(H2,46,49)(H,47,57,58). The molecule has 15 nitrogen and oxygen atoms in total. The summed E-state index contributed by atoms with van der Waals surface area (Å²) in [4.78, 5) is 62.9. The maximum atomic E-state index is 15.6. The number of carbonyl (C=O) groups excluding carboxylic acids is 4. The van der Waals surface area contributed by atoms with Crippen molar-refractivity contribution in [1.29, 1.82) is 0 Å². The first-order valence-electron chi connectivity index (χ1n) is 20.8. The molecule has 312 valence electrons. The van der Waals surface area contributed by atoms with Gasteiger partial charge in [-0.25, -0.2) is 4.39 Å². The number of halogens is 1. The van der Waals surface area contributed by atoms with Gasteiger partial charge in [0.15, 0.2) is 5.82 Å². The van der Waals surface area contributed by atoms with Crippen molar-refractivity contribution in [2.75, 3.05) is 92.4 Å². The molecule has 4 amide bonds. The number of benzene rings is 3. The molecule has 16 heteroatoms. The highest BCUT2D eigenvalue weighted by atomic mass is 19.1. The summed E-state index contributed by atoms with van der Waals surface area (Å²) in [6.45, 7) is 9.57. The molecule has 5 aliphatic rings. The van der Waals surface area contributed by atoms with E-state index in [1.54, 1.807) is 36.4 Å². The van der Waals surface area contributed by atoms with Crippen LogP contribution in [0, 0.1) is 11.7 Å². The van der Waals surface area contributed by atoms with Crippen molar-refractivity contribution in [3.63, 3.8) is 0 Å². The van der Waals surface area contributed by atoms with E-state index in [0.717, 1.165) is 107 Å². The molecule has 3 aromatic carbocycles. The second-order valence-corrected chi connectivity index (χ2v) is 16.5. The molecule has 0 bridgehead atoms. The fourth-order valence-corrected chi connectivity index (χ4v) is 9.34. The number of phenols is 1. The first-order valence-corrected chi connectivity index (χ1v) is 20.8. The number of piperazine rings is 2. The van der Waals surface area contributed by atoms with Gasteiger partial charge in [-0.15, -0.1) is 10.2 Å². The van der Waals surface area contributed by atoms with Crippen LogP contribution in [0.2, 0.25) is 0 Å². The Bertz CT molecular complexity index is 2320. The van der Waals surface area contributed by atoms with Gasteiger partial charge in [0.1, 0.15) is 17.6 Å². The van der Waals surface area contributed by atoms with Gasteiger partial charge < -0.3 is 25.5 Å². The number of carbonyl (C=O) groups is 4. The van der Waals surface area contributed by atoms with Crippen molar-refractivity contribution in [3.8, 4) is 17.0 Å². The van der Waals surface area contributed by atoms with Crippen molar-refractivity contribution in [2.24, 2.45) is 5.92 Å². The average Bonchev–Trinajstić information content (AvgIpc) is 3.50. The molecular formula is C44H49FN10O5. The summed E-state index contributed by atoms with van der Waals surface area (Å²) < 4.78 is 15.6. The number of nitrogen functional groups attached to an aromatic ring is 1. The van der Waals surface area contributed by atoms with E-state index < -0.39 is 29.7 Å². The van der Waals surface area contributed by atoms with Gasteiger partial charge in [0.25, 0.3) is 11.8 Å². The third-order valence-corrected chi connectivity index (χ3v) is 12.7. The quantitative estimate of drug-likeness (QED) is 0.211. The van der Waals surface area contributed by atoms with Gasteiger partial charge in [0, 0.05) is 96.2 Å². The molecule has 0 aliphatic carbocycles. The van der Waals surface area contributed by atoms with E-state index >= 15 is 4.39 Å². The number of hydrogen-bond acceptors (Lipinski definition) is 13. The zero-order chi connectivity index (χ0) is 41.5. The maximum absolute atomic E-state index is 15.6. The van der Waals surface area contributed by atoms with Crippen molar-refractivity contribution in [1.82, 2.24) is 30.2 Å². The van der Waals surface area contributed by atoms with Crippen LogP contribution in [0.25, 0.3) is 11.3 Å². The van der Waals surface area contributed by atoms with Crippen LogP contribution in [-0.4, -0.2) is 132 Å². The molecule has 0 radical (unpaired) electrons. The summed E-state index contributed by atoms with van der Waals surface area (Å²) in [6, 6.07) is 18.9. The number of anilines is 4. The molecule has 1 unspecified atom stereocenters. The Morgan fingerprint density at radius 1 is 0.700 bits per heavy atom. The monoisotopic (exact) mass is 816 g/mol. The molecule has 1 atom stereocenters. The van der Waals surface area contributed by atoms with E-state index in [1.165, 1.54) is 0 Å². The molecule has 60 heavy (non-hydrogen) atoms. The van der Waals surface area contributed by atoms with Crippen LogP contribution in [0.3, 0.4) is 0 Å². The number of amides is 4. The Kier molecular flexibility index (Phi) is 10.8. The highest BCUT2D eigenvalue weighted by Gasteiger charge is 2.45. The number of nitrogens with one attached hydrogen (secondary N) is 1. The van der Waals surface area contributed by atoms with Crippen LogP contribution >= 0.6 is 0 Å². The lowest BCUT2D eigenvalue weighted by molar-refractivity contribution is -0.136. The van der Waals surface area contributed by atoms with Crippen LogP contribution in [0.5, 0.6) is 5.75 Å². The minimum absolute atomic E-state index is 0.0859. The van der Waals surface area contributed by atoms with Crippen molar-refractivity contribution in [3.05, 3.63) is 89.2 Å². The number of piperidine rings is 2. The first kappa shape index (κ1) is 39.3. The lowest BCUT2D eigenvalue weighted by Gasteiger charge is -2.40. The number of rotatable bonds is 9. The lowest BCUT2D eigenvalue weighted by atomic mass is 9.95. The van der Waals surface area contributed by atoms with Crippen LogP contribution < -0.4 is 25.8 Å². The minimum Gasteiger partial charge on any atom is -0.507 e. The minimum atomic E-state index is -0.981. The fourth-order valence-electron chi connectivity index (χ4n) is 9.34. The number of aromatic nitrogens is 2. The SMILES string of the molecule is Nc1nnc(-c2ccccc2O)cc1N1CCN(Cc2ccc(N3CCC(CN4CCN(c5ccc6c(c5)C(=O)N(C5CCC(=O)NC5=O)C6=O)CC4)CC3)c(F)c2)CC1. The Morgan fingerprint density at radius 2 is 1.40 bits per heavy atom. The van der Waals surface area contributed by atoms with Crippen LogP contribution in [-0.2, 0) is 16.1 Å². The first-order chi connectivity index (χ1) is 29.1. The third kappa shape index (κ3) is 7.84. The Labute approximate surface area is 347 Å². The number of aromatic hydroxyl groups is 1. The van der Waals surface area contributed by atoms with Gasteiger partial charge in [-0.3, -0.25) is 39.2 Å². The number of fused-ring (bicyclic) bond motifs is 1. The zero-order valence-corrected chi connectivity index (χ0v) is 33.4. The summed E-state index contributed by atoms with van der Waals surface area (Å²) in [5, 5.41) is 20.9. The average molecular weight is 817 g/mol. The summed E-state index contributed by atoms with van der Waals surface area (Å²) in [5.74, 6) is -1.18. The molecule has 6 heterocycles. The molecule has 4 saturated heterocycles. The number of nitrogens with two attached hydrogens (primary N) is 1. The number of hydrogen-bond donors (Lipinski definition) is 3. The number of para-hydroxylation sites is 1. The lowest BCUT2D eigenvalue weighted by Crippen LogP contribution is -2.54. The molecule has 1 aromatic heterocycles. The molecule has 4 N–H and O–H groups in total. The molecule has 5 aliphatic heterocycles. The van der Waals surface area contributed by atoms with Crippen LogP contribution in [0.15, 0.2) is 66.7 Å². The van der Waals surface area contributed by atoms with Gasteiger partial charge >= 0.3 is 0 Å². The second-order valence-electron chi connectivity index (χ2n) is 16.5. The van der Waals surface area contributed by atoms with Crippen LogP contribution in [0.1, 0.15) is 52.0 Å². The molecular weight excluding hydrogens is 768 g/mol. The summed E-state index contributed by atoms with van der Waals surface area (Å²) in [6.07, 6.45) is 2.19. The summed E-state index contributed by atoms with van der Waals surface area (Å²) in [5.41, 5.74) is 11.2. The predicted molar refractivity (Wildman–Crippen MR) is 224 cm³/mol. The van der Waals surface area contributed by atoms with E-state index in [9.17, 15) is 24.3 Å². The van der Waals surface area contributed by atoms with Crippen molar-refractivity contribution < 1.29 is 28.7 Å². The molecule has 4 fully saturated rings. The fraction of sp³-hybridized carbons (Fsp3) is 0.409. The molecule has 0 saturated carbocycles. The Morgan fingerprint density at radius 3 is 2.13 bits per heavy atom. The van der Waals surface area contributed by atoms with Crippen molar-refractivity contribution in [2.45, 2.75) is 38.3 Å². The summed E-state index contributed by atoms with van der Waals surface area (Å²) in [7, 11) is 0. The van der Waals surface area contributed by atoms with E-state index in [0.29, 0.717) is 40.8 Å². The molecule has 0 spiro atoms.